The van der Waals surface area contributed by atoms with Crippen molar-refractivity contribution in [1.82, 2.24) is 15.1 Å². The molecule has 0 spiro atoms. The van der Waals surface area contributed by atoms with Crippen LogP contribution in [0, 0.1) is 0 Å². The van der Waals surface area contributed by atoms with Crippen LogP contribution in [0.2, 0.25) is 0 Å². The summed E-state index contributed by atoms with van der Waals surface area (Å²) in [7, 11) is 4.06. The predicted octanol–water partition coefficient (Wildman–Crippen LogP) is 4.30. The molecule has 33 heavy (non-hydrogen) atoms. The number of amides is 1. The van der Waals surface area contributed by atoms with E-state index in [4.69, 9.17) is 4.74 Å². The number of likely N-dealkylation sites (N-methyl/N-ethyl adjacent to an activating group) is 1. The van der Waals surface area contributed by atoms with Crippen molar-refractivity contribution in [2.45, 2.75) is 13.0 Å². The Hall–Kier alpha value is -3.84. The van der Waals surface area contributed by atoms with Gasteiger partial charge in [0.25, 0.3) is 0 Å². The van der Waals surface area contributed by atoms with Crippen LogP contribution in [0.4, 0.5) is 11.5 Å². The number of fused-ring (bicyclic) bond motifs is 1. The van der Waals surface area contributed by atoms with Crippen LogP contribution in [0.3, 0.4) is 0 Å². The first-order chi connectivity index (χ1) is 16.1. The molecule has 0 bridgehead atoms. The molecule has 1 heterocycles. The largest absolute Gasteiger partial charge is 0.489 e. The zero-order valence-corrected chi connectivity index (χ0v) is 19.0. The molecule has 3 aromatic carbocycles. The van der Waals surface area contributed by atoms with Gasteiger partial charge < -0.3 is 20.3 Å². The summed E-state index contributed by atoms with van der Waals surface area (Å²) in [4.78, 5) is 14.7. The van der Waals surface area contributed by atoms with Gasteiger partial charge in [-0.05, 0) is 55.6 Å². The third kappa shape index (κ3) is 6.33. The van der Waals surface area contributed by atoms with Crippen molar-refractivity contribution in [2.24, 2.45) is 0 Å². The maximum absolute atomic E-state index is 12.6. The summed E-state index contributed by atoms with van der Waals surface area (Å²) in [6.45, 7) is 2.21. The SMILES string of the molecule is CN(C)CCNc1n[nH]c2ccc(NC(=O)Cc3ccc(OCc4ccccc4)cc3)cc12. The second kappa shape index (κ2) is 10.7. The fourth-order valence-electron chi connectivity index (χ4n) is 3.46. The van der Waals surface area contributed by atoms with Crippen molar-refractivity contribution in [3.63, 3.8) is 0 Å². The fraction of sp³-hybridized carbons (Fsp3) is 0.231. The summed E-state index contributed by atoms with van der Waals surface area (Å²) in [5.74, 6) is 1.50. The van der Waals surface area contributed by atoms with Crippen LogP contribution >= 0.6 is 0 Å². The Kier molecular flexibility index (Phi) is 7.22. The van der Waals surface area contributed by atoms with Crippen molar-refractivity contribution in [3.05, 3.63) is 83.9 Å². The highest BCUT2D eigenvalue weighted by Gasteiger charge is 2.09. The molecule has 7 nitrogen and oxygen atoms in total. The molecule has 0 fully saturated rings. The lowest BCUT2D eigenvalue weighted by atomic mass is 10.1. The van der Waals surface area contributed by atoms with E-state index < -0.39 is 0 Å². The molecular weight excluding hydrogens is 414 g/mol. The number of nitrogens with zero attached hydrogens (tertiary/aromatic N) is 2. The van der Waals surface area contributed by atoms with Crippen LogP contribution in [-0.4, -0.2) is 48.2 Å². The van der Waals surface area contributed by atoms with Crippen LogP contribution in [-0.2, 0) is 17.8 Å². The second-order valence-electron chi connectivity index (χ2n) is 8.21. The predicted molar refractivity (Wildman–Crippen MR) is 133 cm³/mol. The molecular formula is C26H29N5O2. The molecule has 170 valence electrons. The Morgan fingerprint density at radius 3 is 2.55 bits per heavy atom. The number of nitrogens with one attached hydrogen (secondary N) is 3. The number of hydrogen-bond donors (Lipinski definition) is 3. The summed E-state index contributed by atoms with van der Waals surface area (Å²) in [6, 6.07) is 23.4. The molecule has 0 aliphatic carbocycles. The number of carbonyl (C=O) groups excluding carboxylic acids is 1. The van der Waals surface area contributed by atoms with Gasteiger partial charge in [0.2, 0.25) is 5.91 Å². The molecule has 1 amide bonds. The van der Waals surface area contributed by atoms with E-state index in [2.05, 4.69) is 25.7 Å². The zero-order valence-electron chi connectivity index (χ0n) is 19.0. The van der Waals surface area contributed by atoms with Crippen molar-refractivity contribution < 1.29 is 9.53 Å². The summed E-state index contributed by atoms with van der Waals surface area (Å²) < 4.78 is 5.82. The molecule has 1 aromatic heterocycles. The summed E-state index contributed by atoms with van der Waals surface area (Å²) in [5.41, 5.74) is 3.71. The lowest BCUT2D eigenvalue weighted by molar-refractivity contribution is -0.115. The van der Waals surface area contributed by atoms with E-state index in [9.17, 15) is 4.79 Å². The minimum atomic E-state index is -0.0714. The van der Waals surface area contributed by atoms with E-state index in [0.717, 1.165) is 52.4 Å². The van der Waals surface area contributed by atoms with Gasteiger partial charge in [-0.2, -0.15) is 5.10 Å². The number of ether oxygens (including phenoxy) is 1. The molecule has 0 aliphatic heterocycles. The smallest absolute Gasteiger partial charge is 0.228 e. The van der Waals surface area contributed by atoms with Crippen LogP contribution < -0.4 is 15.4 Å². The van der Waals surface area contributed by atoms with Gasteiger partial charge in [-0.3, -0.25) is 9.89 Å². The molecule has 0 saturated carbocycles. The Balaban J connectivity index is 1.32. The van der Waals surface area contributed by atoms with Crippen molar-refractivity contribution >= 4 is 28.3 Å². The molecule has 4 rings (SSSR count). The van der Waals surface area contributed by atoms with E-state index in [1.165, 1.54) is 0 Å². The van der Waals surface area contributed by atoms with Gasteiger partial charge in [-0.15, -0.1) is 0 Å². The highest BCUT2D eigenvalue weighted by molar-refractivity contribution is 5.97. The van der Waals surface area contributed by atoms with Gasteiger partial charge >= 0.3 is 0 Å². The molecule has 0 saturated heterocycles. The highest BCUT2D eigenvalue weighted by atomic mass is 16.5. The third-order valence-corrected chi connectivity index (χ3v) is 5.23. The molecule has 0 unspecified atom stereocenters. The average molecular weight is 444 g/mol. The number of benzene rings is 3. The van der Waals surface area contributed by atoms with E-state index in [0.29, 0.717) is 6.61 Å². The topological polar surface area (TPSA) is 82.3 Å². The first kappa shape index (κ1) is 22.4. The van der Waals surface area contributed by atoms with Crippen molar-refractivity contribution in [3.8, 4) is 5.75 Å². The number of carbonyl (C=O) groups is 1. The first-order valence-electron chi connectivity index (χ1n) is 11.0. The standard InChI is InChI=1S/C26H29N5O2/c1-31(2)15-14-27-26-23-17-21(10-13-24(23)29-30-26)28-25(32)16-19-8-11-22(12-9-19)33-18-20-6-4-3-5-7-20/h3-13,17H,14-16,18H2,1-2H3,(H,28,32)(H2,27,29,30). The summed E-state index contributed by atoms with van der Waals surface area (Å²) >= 11 is 0. The number of aromatic amines is 1. The Labute approximate surface area is 193 Å². The summed E-state index contributed by atoms with van der Waals surface area (Å²) in [5, 5.41) is 14.6. The van der Waals surface area contributed by atoms with Crippen molar-refractivity contribution in [1.29, 1.82) is 0 Å². The molecule has 7 heteroatoms. The van der Waals surface area contributed by atoms with E-state index in [1.807, 2.05) is 86.9 Å². The monoisotopic (exact) mass is 443 g/mol. The van der Waals surface area contributed by atoms with Crippen LogP contribution in [0.5, 0.6) is 5.75 Å². The minimum absolute atomic E-state index is 0.0714. The van der Waals surface area contributed by atoms with Gasteiger partial charge in [0.1, 0.15) is 12.4 Å². The van der Waals surface area contributed by atoms with Gasteiger partial charge in [0.05, 0.1) is 11.9 Å². The van der Waals surface area contributed by atoms with Gasteiger partial charge in [-0.25, -0.2) is 0 Å². The van der Waals surface area contributed by atoms with E-state index >= 15 is 0 Å². The minimum Gasteiger partial charge on any atom is -0.489 e. The van der Waals surface area contributed by atoms with E-state index in [-0.39, 0.29) is 12.3 Å². The van der Waals surface area contributed by atoms with Crippen molar-refractivity contribution in [2.75, 3.05) is 37.8 Å². The average Bonchev–Trinajstić information content (AvgIpc) is 3.21. The summed E-state index contributed by atoms with van der Waals surface area (Å²) in [6.07, 6.45) is 0.288. The maximum atomic E-state index is 12.6. The van der Waals surface area contributed by atoms with Gasteiger partial charge in [0, 0.05) is 24.2 Å². The molecule has 0 aliphatic rings. The number of rotatable bonds is 10. The van der Waals surface area contributed by atoms with Crippen LogP contribution in [0.1, 0.15) is 11.1 Å². The highest BCUT2D eigenvalue weighted by Crippen LogP contribution is 2.24. The Morgan fingerprint density at radius 1 is 1.00 bits per heavy atom. The lowest BCUT2D eigenvalue weighted by Gasteiger charge is -2.10. The number of H-pyrrole nitrogens is 1. The zero-order chi connectivity index (χ0) is 23.0. The Morgan fingerprint density at radius 2 is 1.79 bits per heavy atom. The molecule has 4 aromatic rings. The van der Waals surface area contributed by atoms with Gasteiger partial charge in [0.15, 0.2) is 5.82 Å². The fourth-order valence-corrected chi connectivity index (χ4v) is 3.46. The number of anilines is 2. The normalized spacial score (nSPS) is 11.0. The van der Waals surface area contributed by atoms with E-state index in [1.54, 1.807) is 0 Å². The first-order valence-corrected chi connectivity index (χ1v) is 11.0. The third-order valence-electron chi connectivity index (χ3n) is 5.23. The molecule has 3 N–H and O–H groups in total. The molecule has 0 radical (unpaired) electrons. The van der Waals surface area contributed by atoms with Crippen LogP contribution in [0.15, 0.2) is 72.8 Å². The molecule has 0 atom stereocenters. The second-order valence-corrected chi connectivity index (χ2v) is 8.21. The number of hydrogen-bond acceptors (Lipinski definition) is 5. The van der Waals surface area contributed by atoms with Gasteiger partial charge in [-0.1, -0.05) is 42.5 Å². The Bertz CT molecular complexity index is 1190. The maximum Gasteiger partial charge on any atom is 0.228 e. The quantitative estimate of drug-likeness (QED) is 0.341. The lowest BCUT2D eigenvalue weighted by Crippen LogP contribution is -2.20. The number of aromatic nitrogens is 2. The van der Waals surface area contributed by atoms with Crippen LogP contribution in [0.25, 0.3) is 10.9 Å².